The molecule has 0 aliphatic carbocycles. The number of rotatable bonds is 3. The molecule has 0 atom stereocenters. The molecule has 1 heterocycles. The van der Waals surface area contributed by atoms with Crippen LogP contribution in [0.1, 0.15) is 12.5 Å². The number of benzene rings is 1. The van der Waals surface area contributed by atoms with Crippen molar-refractivity contribution in [2.45, 2.75) is 13.8 Å². The Labute approximate surface area is 121 Å². The van der Waals surface area contributed by atoms with Crippen molar-refractivity contribution in [3.63, 3.8) is 0 Å². The van der Waals surface area contributed by atoms with Gasteiger partial charge in [0.2, 0.25) is 5.91 Å². The number of amides is 1. The van der Waals surface area contributed by atoms with Crippen LogP contribution in [0.5, 0.6) is 0 Å². The fourth-order valence-corrected chi connectivity index (χ4v) is 1.98. The molecule has 0 radical (unpaired) electrons. The van der Waals surface area contributed by atoms with E-state index in [4.69, 9.17) is 11.6 Å². The Morgan fingerprint density at radius 1 is 1.35 bits per heavy atom. The molecule has 2 rings (SSSR count). The highest BCUT2D eigenvalue weighted by Gasteiger charge is 2.16. The number of pyridine rings is 1. The summed E-state index contributed by atoms with van der Waals surface area (Å²) in [6.45, 7) is 3.30. The minimum atomic E-state index is -0.222. The van der Waals surface area contributed by atoms with Gasteiger partial charge in [-0.3, -0.25) is 9.69 Å². The van der Waals surface area contributed by atoms with Crippen LogP contribution in [0.2, 0.25) is 5.02 Å². The lowest BCUT2D eigenvalue weighted by atomic mass is 10.2. The first-order chi connectivity index (χ1) is 9.52. The van der Waals surface area contributed by atoms with Crippen molar-refractivity contribution in [2.24, 2.45) is 0 Å². The quantitative estimate of drug-likeness (QED) is 0.876. The Kier molecular flexibility index (Phi) is 4.22. The number of carbonyl (C=O) groups excluding carboxylic acids is 1. The van der Waals surface area contributed by atoms with Gasteiger partial charge in [0.1, 0.15) is 5.82 Å². The number of nitrogens with zero attached hydrogens (tertiary/aromatic N) is 2. The Bertz CT molecular complexity index is 646. The zero-order valence-corrected chi connectivity index (χ0v) is 11.8. The fraction of sp³-hybridized carbons (Fsp3) is 0.143. The Morgan fingerprint density at radius 3 is 2.70 bits per heavy atom. The summed E-state index contributed by atoms with van der Waals surface area (Å²) < 4.78 is 0. The number of halogens is 1. The molecule has 6 heteroatoms. The van der Waals surface area contributed by atoms with Gasteiger partial charge in [0.15, 0.2) is 0 Å². The van der Waals surface area contributed by atoms with Gasteiger partial charge in [-0.2, -0.15) is 0 Å². The molecule has 0 saturated heterocycles. The summed E-state index contributed by atoms with van der Waals surface area (Å²) in [6, 6.07) is 8.32. The van der Waals surface area contributed by atoms with Crippen LogP contribution in [0, 0.1) is 12.1 Å². The first kappa shape index (κ1) is 14.3. The van der Waals surface area contributed by atoms with E-state index in [0.29, 0.717) is 22.2 Å². The lowest BCUT2D eigenvalue weighted by molar-refractivity contribution is -0.115. The molecule has 0 aliphatic rings. The van der Waals surface area contributed by atoms with E-state index >= 15 is 0 Å². The van der Waals surface area contributed by atoms with Gasteiger partial charge in [-0.25, -0.2) is 4.98 Å². The second-order valence-corrected chi connectivity index (χ2v) is 4.70. The third-order valence-electron chi connectivity index (χ3n) is 2.82. The third-order valence-corrected chi connectivity index (χ3v) is 3.23. The Balaban J connectivity index is 2.50. The maximum Gasteiger partial charge on any atom is 0.229 e. The third kappa shape index (κ3) is 2.89. The van der Waals surface area contributed by atoms with Gasteiger partial charge in [0.05, 0.1) is 5.69 Å². The Hall–Kier alpha value is -2.11. The first-order valence-electron chi connectivity index (χ1n) is 5.94. The van der Waals surface area contributed by atoms with E-state index in [1.54, 1.807) is 17.6 Å². The summed E-state index contributed by atoms with van der Waals surface area (Å²) in [5.41, 5.74) is 3.63. The van der Waals surface area contributed by atoms with Crippen molar-refractivity contribution in [1.82, 2.24) is 4.98 Å². The van der Waals surface area contributed by atoms with Crippen molar-refractivity contribution in [2.75, 3.05) is 10.4 Å². The number of nitrogens with one attached hydrogen (secondary N) is 1. The molecule has 0 saturated carbocycles. The van der Waals surface area contributed by atoms with E-state index in [1.165, 1.54) is 30.2 Å². The van der Waals surface area contributed by atoms with Crippen LogP contribution in [0.15, 0.2) is 36.5 Å². The van der Waals surface area contributed by atoms with Crippen molar-refractivity contribution in [1.29, 1.82) is 0 Å². The highest BCUT2D eigenvalue weighted by Crippen LogP contribution is 2.29. The van der Waals surface area contributed by atoms with Gasteiger partial charge in [0.25, 0.3) is 0 Å². The highest BCUT2D eigenvalue weighted by molar-refractivity contribution is 6.31. The van der Waals surface area contributed by atoms with Crippen LogP contribution in [0.3, 0.4) is 0 Å². The molecule has 1 N–H and O–H groups in total. The van der Waals surface area contributed by atoms with Crippen LogP contribution in [0.4, 0.5) is 17.2 Å². The number of anilines is 3. The van der Waals surface area contributed by atoms with E-state index in [2.05, 4.69) is 4.98 Å². The van der Waals surface area contributed by atoms with E-state index in [-0.39, 0.29) is 5.91 Å². The van der Waals surface area contributed by atoms with Crippen LogP contribution >= 0.6 is 11.6 Å². The molecule has 0 unspecified atom stereocenters. The molecule has 5 nitrogen and oxygen atoms in total. The van der Waals surface area contributed by atoms with Crippen molar-refractivity contribution < 1.29 is 4.79 Å². The summed E-state index contributed by atoms with van der Waals surface area (Å²) in [5, 5.41) is 11.3. The molecular weight excluding hydrogens is 278 g/mol. The van der Waals surface area contributed by atoms with E-state index in [1.807, 2.05) is 13.0 Å². The number of carbonyl (C=O) groups is 1. The van der Waals surface area contributed by atoms with Gasteiger partial charge in [-0.1, -0.05) is 17.7 Å². The Morgan fingerprint density at radius 2 is 2.10 bits per heavy atom. The minimum Gasteiger partial charge on any atom is -0.761 e. The second kappa shape index (κ2) is 5.90. The zero-order valence-electron chi connectivity index (χ0n) is 11.1. The van der Waals surface area contributed by atoms with Gasteiger partial charge < -0.3 is 10.7 Å². The predicted molar refractivity (Wildman–Crippen MR) is 80.2 cm³/mol. The molecule has 0 spiro atoms. The zero-order chi connectivity index (χ0) is 14.7. The molecular formula is C14H13ClN3O2-. The van der Waals surface area contributed by atoms with Gasteiger partial charge >= 0.3 is 0 Å². The largest absolute Gasteiger partial charge is 0.761 e. The van der Waals surface area contributed by atoms with Crippen LogP contribution in [-0.4, -0.2) is 10.9 Å². The van der Waals surface area contributed by atoms with Crippen LogP contribution in [-0.2, 0) is 4.79 Å². The average molecular weight is 291 g/mol. The molecule has 104 valence electrons. The lowest BCUT2D eigenvalue weighted by Crippen LogP contribution is -2.23. The van der Waals surface area contributed by atoms with Crippen molar-refractivity contribution >= 4 is 34.7 Å². The first-order valence-corrected chi connectivity index (χ1v) is 6.32. The highest BCUT2D eigenvalue weighted by atomic mass is 35.5. The number of aromatic nitrogens is 1. The molecule has 0 bridgehead atoms. The van der Waals surface area contributed by atoms with Gasteiger partial charge in [-0.05, 0) is 30.7 Å². The van der Waals surface area contributed by atoms with Gasteiger partial charge in [-0.15, -0.1) is 0 Å². The summed E-state index contributed by atoms with van der Waals surface area (Å²) in [4.78, 5) is 17.4. The summed E-state index contributed by atoms with van der Waals surface area (Å²) in [6.07, 6.45) is 1.46. The van der Waals surface area contributed by atoms with Crippen LogP contribution < -0.4 is 10.4 Å². The lowest BCUT2D eigenvalue weighted by Gasteiger charge is -2.22. The normalized spacial score (nSPS) is 10.2. The number of hydrogen-bond acceptors (Lipinski definition) is 4. The van der Waals surface area contributed by atoms with Crippen molar-refractivity contribution in [3.05, 3.63) is 52.3 Å². The monoisotopic (exact) mass is 290 g/mol. The van der Waals surface area contributed by atoms with E-state index in [9.17, 15) is 10.0 Å². The topological polar surface area (TPSA) is 68.3 Å². The van der Waals surface area contributed by atoms with E-state index in [0.717, 1.165) is 5.56 Å². The summed E-state index contributed by atoms with van der Waals surface area (Å²) in [5.74, 6) is 0.138. The van der Waals surface area contributed by atoms with E-state index < -0.39 is 0 Å². The minimum absolute atomic E-state index is 0.222. The molecule has 1 amide bonds. The maximum absolute atomic E-state index is 11.9. The summed E-state index contributed by atoms with van der Waals surface area (Å²) in [7, 11) is 0. The standard InChI is InChI=1S/C14H13ClN3O2/c1-9-3-4-12(8-13(9)15)18(10(2)19)14-7-11(17-20)5-6-16-14/h3-8H,1-2H3,(H-,16,17,20)/q-1. The predicted octanol–water partition coefficient (Wildman–Crippen LogP) is 3.64. The SMILES string of the molecule is CC(=O)N(c1ccc(C)c(Cl)c1)c1cc(N[O-])ccn1. The number of hydrogen-bond donors (Lipinski definition) is 1. The second-order valence-electron chi connectivity index (χ2n) is 4.29. The molecule has 20 heavy (non-hydrogen) atoms. The fourth-order valence-electron chi connectivity index (χ4n) is 1.80. The average Bonchev–Trinajstić information content (AvgIpc) is 2.43. The molecule has 2 aromatic rings. The molecule has 0 aliphatic heterocycles. The van der Waals surface area contributed by atoms with Crippen LogP contribution in [0.25, 0.3) is 0 Å². The van der Waals surface area contributed by atoms with Crippen molar-refractivity contribution in [3.8, 4) is 0 Å². The summed E-state index contributed by atoms with van der Waals surface area (Å²) >= 11 is 6.09. The molecule has 1 aromatic heterocycles. The smallest absolute Gasteiger partial charge is 0.229 e. The van der Waals surface area contributed by atoms with Gasteiger partial charge in [0, 0.05) is 29.9 Å². The maximum atomic E-state index is 11.9. The molecule has 0 fully saturated rings. The number of aryl methyl sites for hydroxylation is 1. The molecule has 1 aromatic carbocycles.